The Balaban J connectivity index is 2.18. The topological polar surface area (TPSA) is 55.4 Å². The van der Waals surface area contributed by atoms with Crippen molar-refractivity contribution < 1.29 is 13.2 Å². The van der Waals surface area contributed by atoms with Crippen LogP contribution < -0.4 is 9.46 Å². The molecule has 0 saturated heterocycles. The molecular weight excluding hydrogens is 374 g/mol. The van der Waals surface area contributed by atoms with Crippen molar-refractivity contribution in [1.29, 1.82) is 0 Å². The molecule has 1 atom stereocenters. The SMILES string of the molecule is COc1ccc(C(C)NS(=O)(=O)c2cc(C)c(Br)s2)cc1. The predicted octanol–water partition coefficient (Wildman–Crippen LogP) is 3.87. The maximum Gasteiger partial charge on any atom is 0.250 e. The fourth-order valence-electron chi connectivity index (χ4n) is 1.82. The second-order valence-electron chi connectivity index (χ2n) is 4.64. The number of benzene rings is 1. The molecule has 0 radical (unpaired) electrons. The van der Waals surface area contributed by atoms with Crippen molar-refractivity contribution in [3.05, 3.63) is 45.2 Å². The van der Waals surface area contributed by atoms with Crippen LogP contribution in [0.15, 0.2) is 38.3 Å². The van der Waals surface area contributed by atoms with Gasteiger partial charge in [-0.05, 0) is 59.1 Å². The Morgan fingerprint density at radius 2 is 1.90 bits per heavy atom. The molecule has 1 heterocycles. The number of ether oxygens (including phenoxy) is 1. The van der Waals surface area contributed by atoms with Gasteiger partial charge in [-0.25, -0.2) is 13.1 Å². The smallest absolute Gasteiger partial charge is 0.250 e. The van der Waals surface area contributed by atoms with Gasteiger partial charge in [-0.15, -0.1) is 11.3 Å². The van der Waals surface area contributed by atoms with E-state index in [9.17, 15) is 8.42 Å². The van der Waals surface area contributed by atoms with Crippen LogP contribution >= 0.6 is 27.3 Å². The highest BCUT2D eigenvalue weighted by molar-refractivity contribution is 9.11. The number of rotatable bonds is 5. The highest BCUT2D eigenvalue weighted by atomic mass is 79.9. The van der Waals surface area contributed by atoms with E-state index >= 15 is 0 Å². The summed E-state index contributed by atoms with van der Waals surface area (Å²) in [6, 6.07) is 8.67. The number of nitrogens with one attached hydrogen (secondary N) is 1. The van der Waals surface area contributed by atoms with Crippen LogP contribution in [0.25, 0.3) is 0 Å². The summed E-state index contributed by atoms with van der Waals surface area (Å²) in [4.78, 5) is 0. The summed E-state index contributed by atoms with van der Waals surface area (Å²) in [7, 11) is -1.92. The standard InChI is InChI=1S/C14H16BrNO3S2/c1-9-8-13(20-14(9)15)21(17,18)16-10(2)11-4-6-12(19-3)7-5-11/h4-8,10,16H,1-3H3. The van der Waals surface area contributed by atoms with Crippen LogP contribution in [-0.2, 0) is 10.0 Å². The third-order valence-corrected chi connectivity index (χ3v) is 7.20. The van der Waals surface area contributed by atoms with Gasteiger partial charge in [0.25, 0.3) is 10.0 Å². The Kier molecular flexibility index (Phi) is 5.08. The van der Waals surface area contributed by atoms with Crippen molar-refractivity contribution in [3.8, 4) is 5.75 Å². The van der Waals surface area contributed by atoms with Gasteiger partial charge in [0.2, 0.25) is 0 Å². The molecule has 0 aliphatic rings. The number of aryl methyl sites for hydroxylation is 1. The molecule has 2 rings (SSSR count). The minimum atomic E-state index is -3.52. The van der Waals surface area contributed by atoms with E-state index in [0.29, 0.717) is 4.21 Å². The van der Waals surface area contributed by atoms with E-state index in [1.165, 1.54) is 11.3 Å². The van der Waals surface area contributed by atoms with E-state index in [4.69, 9.17) is 4.74 Å². The van der Waals surface area contributed by atoms with Gasteiger partial charge in [-0.1, -0.05) is 12.1 Å². The van der Waals surface area contributed by atoms with Gasteiger partial charge >= 0.3 is 0 Å². The first-order valence-electron chi connectivity index (χ1n) is 6.25. The third-order valence-electron chi connectivity index (χ3n) is 3.05. The van der Waals surface area contributed by atoms with Gasteiger partial charge in [0.15, 0.2) is 0 Å². The predicted molar refractivity (Wildman–Crippen MR) is 88.5 cm³/mol. The van der Waals surface area contributed by atoms with Crippen molar-refractivity contribution in [2.45, 2.75) is 24.1 Å². The van der Waals surface area contributed by atoms with Crippen LogP contribution in [0.4, 0.5) is 0 Å². The normalized spacial score (nSPS) is 13.1. The number of halogens is 1. The van der Waals surface area contributed by atoms with Crippen LogP contribution in [-0.4, -0.2) is 15.5 Å². The maximum absolute atomic E-state index is 12.4. The van der Waals surface area contributed by atoms with Crippen LogP contribution in [0.3, 0.4) is 0 Å². The van der Waals surface area contributed by atoms with Gasteiger partial charge in [-0.2, -0.15) is 0 Å². The molecule has 114 valence electrons. The van der Waals surface area contributed by atoms with Crippen molar-refractivity contribution in [1.82, 2.24) is 4.72 Å². The van der Waals surface area contributed by atoms with Crippen LogP contribution in [0.2, 0.25) is 0 Å². The molecule has 0 aliphatic carbocycles. The lowest BCUT2D eigenvalue weighted by molar-refractivity contribution is 0.414. The van der Waals surface area contributed by atoms with Crippen molar-refractivity contribution in [3.63, 3.8) is 0 Å². The zero-order valence-corrected chi connectivity index (χ0v) is 15.1. The molecule has 0 aliphatic heterocycles. The van der Waals surface area contributed by atoms with Crippen molar-refractivity contribution in [2.24, 2.45) is 0 Å². The molecule has 1 aromatic heterocycles. The number of sulfonamides is 1. The molecule has 0 bridgehead atoms. The molecule has 21 heavy (non-hydrogen) atoms. The average molecular weight is 390 g/mol. The zero-order chi connectivity index (χ0) is 15.6. The summed E-state index contributed by atoms with van der Waals surface area (Å²) in [6.07, 6.45) is 0. The van der Waals surface area contributed by atoms with Gasteiger partial charge in [0, 0.05) is 6.04 Å². The van der Waals surface area contributed by atoms with Crippen LogP contribution in [0, 0.1) is 6.92 Å². The van der Waals surface area contributed by atoms with Crippen molar-refractivity contribution >= 4 is 37.3 Å². The molecule has 0 saturated carbocycles. The second kappa shape index (κ2) is 6.48. The van der Waals surface area contributed by atoms with Crippen LogP contribution in [0.5, 0.6) is 5.75 Å². The van der Waals surface area contributed by atoms with Crippen LogP contribution in [0.1, 0.15) is 24.1 Å². The largest absolute Gasteiger partial charge is 0.497 e. The Hall–Kier alpha value is -0.890. The summed E-state index contributed by atoms with van der Waals surface area (Å²) in [5.74, 6) is 0.742. The first-order chi connectivity index (χ1) is 9.83. The molecule has 1 N–H and O–H groups in total. The minimum Gasteiger partial charge on any atom is -0.497 e. The Bertz CT molecular complexity index is 704. The lowest BCUT2D eigenvalue weighted by atomic mass is 10.1. The van der Waals surface area contributed by atoms with Gasteiger partial charge in [0.05, 0.1) is 10.9 Å². The molecule has 0 fully saturated rings. The first-order valence-corrected chi connectivity index (χ1v) is 9.35. The Labute approximate surface area is 137 Å². The van der Waals surface area contributed by atoms with E-state index in [2.05, 4.69) is 20.7 Å². The fourth-order valence-corrected chi connectivity index (χ4v) is 5.29. The highest BCUT2D eigenvalue weighted by Gasteiger charge is 2.21. The first kappa shape index (κ1) is 16.5. The molecule has 2 aromatic rings. The molecule has 7 heteroatoms. The van der Waals surface area contributed by atoms with Gasteiger partial charge in [-0.3, -0.25) is 0 Å². The average Bonchev–Trinajstić information content (AvgIpc) is 2.79. The Morgan fingerprint density at radius 1 is 1.29 bits per heavy atom. The number of thiophene rings is 1. The highest BCUT2D eigenvalue weighted by Crippen LogP contribution is 2.31. The summed E-state index contributed by atoms with van der Waals surface area (Å²) in [5.41, 5.74) is 1.80. The second-order valence-corrected chi connectivity index (χ2v) is 8.95. The lowest BCUT2D eigenvalue weighted by Crippen LogP contribution is -2.26. The zero-order valence-electron chi connectivity index (χ0n) is 11.9. The molecular formula is C14H16BrNO3S2. The number of hydrogen-bond donors (Lipinski definition) is 1. The third kappa shape index (κ3) is 3.85. The number of hydrogen-bond acceptors (Lipinski definition) is 4. The van der Waals surface area contributed by atoms with Crippen molar-refractivity contribution in [2.75, 3.05) is 7.11 Å². The molecule has 4 nitrogen and oxygen atoms in total. The quantitative estimate of drug-likeness (QED) is 0.844. The summed E-state index contributed by atoms with van der Waals surface area (Å²) >= 11 is 4.56. The maximum atomic E-state index is 12.4. The van der Waals surface area contributed by atoms with E-state index in [0.717, 1.165) is 20.7 Å². The molecule has 0 amide bonds. The minimum absolute atomic E-state index is 0.312. The monoisotopic (exact) mass is 389 g/mol. The van der Waals surface area contributed by atoms with E-state index in [1.54, 1.807) is 13.2 Å². The summed E-state index contributed by atoms with van der Waals surface area (Å²) < 4.78 is 33.6. The van der Waals surface area contributed by atoms with E-state index < -0.39 is 10.0 Å². The fraction of sp³-hybridized carbons (Fsp3) is 0.286. The number of methoxy groups -OCH3 is 1. The summed E-state index contributed by atoms with van der Waals surface area (Å²) in [5, 5.41) is 0. The van der Waals surface area contributed by atoms with E-state index in [1.807, 2.05) is 38.1 Å². The molecule has 0 spiro atoms. The molecule has 1 aromatic carbocycles. The Morgan fingerprint density at radius 3 is 2.38 bits per heavy atom. The van der Waals surface area contributed by atoms with E-state index in [-0.39, 0.29) is 6.04 Å². The van der Waals surface area contributed by atoms with Gasteiger partial charge < -0.3 is 4.74 Å². The molecule has 1 unspecified atom stereocenters. The van der Waals surface area contributed by atoms with Gasteiger partial charge in [0.1, 0.15) is 9.96 Å². The lowest BCUT2D eigenvalue weighted by Gasteiger charge is -2.14. The summed E-state index contributed by atoms with van der Waals surface area (Å²) in [6.45, 7) is 3.68.